The monoisotopic (exact) mass is 243 g/mol. The van der Waals surface area contributed by atoms with Crippen LogP contribution in [0.4, 0.5) is 0 Å². The number of phenolic OH excluding ortho intramolecular Hbond substituents is 1. The molecule has 2 N–H and O–H groups in total. The number of aromatic nitrogens is 1. The summed E-state index contributed by atoms with van der Waals surface area (Å²) in [5.74, 6) is 0.245. The van der Waals surface area contributed by atoms with Gasteiger partial charge in [0, 0.05) is 37.3 Å². The molecular formula is C14H17N3O. The van der Waals surface area contributed by atoms with Crippen molar-refractivity contribution in [1.82, 2.24) is 15.2 Å². The lowest BCUT2D eigenvalue weighted by molar-refractivity contribution is 0.202. The fourth-order valence-electron chi connectivity index (χ4n) is 2.52. The molecule has 0 spiro atoms. The van der Waals surface area contributed by atoms with Gasteiger partial charge in [0.25, 0.3) is 0 Å². The van der Waals surface area contributed by atoms with Gasteiger partial charge in [-0.3, -0.25) is 9.88 Å². The minimum Gasteiger partial charge on any atom is -0.506 e. The molecule has 0 bridgehead atoms. The molecule has 4 heteroatoms. The molecule has 4 nitrogen and oxygen atoms in total. The van der Waals surface area contributed by atoms with E-state index in [1.54, 1.807) is 6.07 Å². The summed E-state index contributed by atoms with van der Waals surface area (Å²) in [6.07, 6.45) is 1.87. The summed E-state index contributed by atoms with van der Waals surface area (Å²) in [6.45, 7) is 3.03. The topological polar surface area (TPSA) is 48.4 Å². The predicted octanol–water partition coefficient (Wildman–Crippen LogP) is 1.52. The minimum absolute atomic E-state index is 0.245. The zero-order valence-electron chi connectivity index (χ0n) is 10.4. The first-order valence-corrected chi connectivity index (χ1v) is 6.24. The Labute approximate surface area is 106 Å². The lowest BCUT2D eigenvalue weighted by Crippen LogP contribution is -2.43. The van der Waals surface area contributed by atoms with Crippen LogP contribution in [0.5, 0.6) is 5.75 Å². The quantitative estimate of drug-likeness (QED) is 0.797. The van der Waals surface area contributed by atoms with E-state index in [2.05, 4.69) is 28.3 Å². The molecule has 1 aliphatic heterocycles. The first-order valence-electron chi connectivity index (χ1n) is 6.24. The van der Waals surface area contributed by atoms with Gasteiger partial charge in [-0.1, -0.05) is 12.1 Å². The molecule has 1 unspecified atom stereocenters. The number of pyridine rings is 1. The molecule has 1 atom stereocenters. The van der Waals surface area contributed by atoms with E-state index in [-0.39, 0.29) is 5.75 Å². The number of fused-ring (bicyclic) bond motifs is 1. The molecule has 1 saturated heterocycles. The number of hydrogen-bond acceptors (Lipinski definition) is 4. The number of rotatable bonds is 1. The van der Waals surface area contributed by atoms with Gasteiger partial charge < -0.3 is 10.4 Å². The molecule has 1 aliphatic rings. The molecule has 94 valence electrons. The number of phenols is 1. The largest absolute Gasteiger partial charge is 0.506 e. The number of benzene rings is 1. The standard InChI is InChI=1S/C14H17N3O/c1-17-6-5-15-9-12(17)11-7-10-3-2-4-13(18)14(10)16-8-11/h2-4,7-8,12,15,18H,5-6,9H2,1H3. The zero-order valence-corrected chi connectivity index (χ0v) is 10.4. The van der Waals surface area contributed by atoms with Crippen LogP contribution in [0.2, 0.25) is 0 Å². The predicted molar refractivity (Wildman–Crippen MR) is 71.6 cm³/mol. The number of likely N-dealkylation sites (N-methyl/N-ethyl adjacent to an activating group) is 1. The van der Waals surface area contributed by atoms with E-state index in [4.69, 9.17) is 0 Å². The summed E-state index contributed by atoms with van der Waals surface area (Å²) in [6, 6.07) is 7.99. The highest BCUT2D eigenvalue weighted by atomic mass is 16.3. The number of para-hydroxylation sites is 1. The molecule has 0 amide bonds. The number of hydrogen-bond donors (Lipinski definition) is 2. The second kappa shape index (κ2) is 4.55. The van der Waals surface area contributed by atoms with Gasteiger partial charge >= 0.3 is 0 Å². The number of aromatic hydroxyl groups is 1. The van der Waals surface area contributed by atoms with Gasteiger partial charge in [0.05, 0.1) is 0 Å². The van der Waals surface area contributed by atoms with Crippen molar-refractivity contribution in [3.05, 3.63) is 36.0 Å². The van der Waals surface area contributed by atoms with E-state index in [0.29, 0.717) is 11.6 Å². The third-order valence-corrected chi connectivity index (χ3v) is 3.61. The van der Waals surface area contributed by atoms with E-state index in [0.717, 1.165) is 25.0 Å². The van der Waals surface area contributed by atoms with Crippen LogP contribution in [0.3, 0.4) is 0 Å². The van der Waals surface area contributed by atoms with Crippen molar-refractivity contribution >= 4 is 10.9 Å². The fraction of sp³-hybridized carbons (Fsp3) is 0.357. The van der Waals surface area contributed by atoms with Crippen molar-refractivity contribution in [1.29, 1.82) is 0 Å². The summed E-state index contributed by atoms with van der Waals surface area (Å²) < 4.78 is 0. The Balaban J connectivity index is 2.02. The lowest BCUT2D eigenvalue weighted by atomic mass is 10.0. The number of nitrogens with zero attached hydrogens (tertiary/aromatic N) is 2. The Morgan fingerprint density at radius 2 is 2.33 bits per heavy atom. The smallest absolute Gasteiger partial charge is 0.141 e. The Morgan fingerprint density at radius 3 is 3.17 bits per heavy atom. The Hall–Kier alpha value is -1.65. The van der Waals surface area contributed by atoms with Crippen LogP contribution in [0.25, 0.3) is 10.9 Å². The first kappa shape index (κ1) is 11.4. The molecular weight excluding hydrogens is 226 g/mol. The van der Waals surface area contributed by atoms with Gasteiger partial charge in [-0.05, 0) is 24.7 Å². The van der Waals surface area contributed by atoms with E-state index in [1.165, 1.54) is 5.56 Å². The van der Waals surface area contributed by atoms with Crippen molar-refractivity contribution in [2.45, 2.75) is 6.04 Å². The molecule has 18 heavy (non-hydrogen) atoms. The fourth-order valence-corrected chi connectivity index (χ4v) is 2.52. The molecule has 2 heterocycles. The third kappa shape index (κ3) is 1.94. The van der Waals surface area contributed by atoms with Crippen LogP contribution < -0.4 is 5.32 Å². The lowest BCUT2D eigenvalue weighted by Gasteiger charge is -2.33. The van der Waals surface area contributed by atoms with Gasteiger partial charge in [-0.2, -0.15) is 0 Å². The highest BCUT2D eigenvalue weighted by Crippen LogP contribution is 2.27. The average Bonchev–Trinajstić information content (AvgIpc) is 2.39. The second-order valence-electron chi connectivity index (χ2n) is 4.82. The van der Waals surface area contributed by atoms with Crippen molar-refractivity contribution in [3.63, 3.8) is 0 Å². The van der Waals surface area contributed by atoms with Crippen molar-refractivity contribution in [2.24, 2.45) is 0 Å². The molecule has 1 fully saturated rings. The summed E-state index contributed by atoms with van der Waals surface area (Å²) in [5, 5.41) is 14.1. The van der Waals surface area contributed by atoms with Crippen LogP contribution in [-0.4, -0.2) is 41.7 Å². The van der Waals surface area contributed by atoms with Crippen molar-refractivity contribution in [2.75, 3.05) is 26.7 Å². The summed E-state index contributed by atoms with van der Waals surface area (Å²) in [5.41, 5.74) is 1.87. The molecule has 2 aromatic rings. The highest BCUT2D eigenvalue weighted by Gasteiger charge is 2.20. The Kier molecular flexibility index (Phi) is 2.89. The maximum Gasteiger partial charge on any atom is 0.141 e. The van der Waals surface area contributed by atoms with Crippen LogP contribution in [0.15, 0.2) is 30.5 Å². The molecule has 0 radical (unpaired) electrons. The van der Waals surface area contributed by atoms with Gasteiger partial charge in [0.15, 0.2) is 0 Å². The number of piperazine rings is 1. The van der Waals surface area contributed by atoms with Crippen LogP contribution >= 0.6 is 0 Å². The Bertz CT molecular complexity index is 570. The zero-order chi connectivity index (χ0) is 12.5. The van der Waals surface area contributed by atoms with E-state index >= 15 is 0 Å². The van der Waals surface area contributed by atoms with Gasteiger partial charge in [0.2, 0.25) is 0 Å². The third-order valence-electron chi connectivity index (χ3n) is 3.61. The first-order chi connectivity index (χ1) is 8.75. The van der Waals surface area contributed by atoms with Crippen LogP contribution in [0, 0.1) is 0 Å². The molecule has 1 aromatic carbocycles. The van der Waals surface area contributed by atoms with Crippen molar-refractivity contribution in [3.8, 4) is 5.75 Å². The maximum atomic E-state index is 9.74. The SMILES string of the molecule is CN1CCNCC1c1cnc2c(O)cccc2c1. The minimum atomic E-state index is 0.245. The van der Waals surface area contributed by atoms with Gasteiger partial charge in [-0.15, -0.1) is 0 Å². The van der Waals surface area contributed by atoms with E-state index in [9.17, 15) is 5.11 Å². The van der Waals surface area contributed by atoms with Gasteiger partial charge in [-0.25, -0.2) is 0 Å². The van der Waals surface area contributed by atoms with E-state index < -0.39 is 0 Å². The maximum absolute atomic E-state index is 9.74. The normalized spacial score (nSPS) is 21.3. The molecule has 0 aliphatic carbocycles. The average molecular weight is 243 g/mol. The molecule has 0 saturated carbocycles. The summed E-state index contributed by atoms with van der Waals surface area (Å²) >= 11 is 0. The van der Waals surface area contributed by atoms with Crippen LogP contribution in [-0.2, 0) is 0 Å². The second-order valence-corrected chi connectivity index (χ2v) is 4.82. The Morgan fingerprint density at radius 1 is 1.44 bits per heavy atom. The van der Waals surface area contributed by atoms with Crippen molar-refractivity contribution < 1.29 is 5.11 Å². The molecule has 1 aromatic heterocycles. The summed E-state index contributed by atoms with van der Waals surface area (Å²) in [7, 11) is 2.14. The molecule has 3 rings (SSSR count). The van der Waals surface area contributed by atoms with Crippen LogP contribution in [0.1, 0.15) is 11.6 Å². The highest BCUT2D eigenvalue weighted by molar-refractivity contribution is 5.84. The summed E-state index contributed by atoms with van der Waals surface area (Å²) in [4.78, 5) is 6.72. The van der Waals surface area contributed by atoms with Gasteiger partial charge in [0.1, 0.15) is 11.3 Å². The number of nitrogens with one attached hydrogen (secondary N) is 1. The van der Waals surface area contributed by atoms with E-state index in [1.807, 2.05) is 18.3 Å².